The molecule has 2 aliphatic carbocycles. The number of benzene rings is 1. The first-order valence-electron chi connectivity index (χ1n) is 11.3. The minimum Gasteiger partial charge on any atom is -0.493 e. The van der Waals surface area contributed by atoms with Gasteiger partial charge in [0.1, 0.15) is 0 Å². The summed E-state index contributed by atoms with van der Waals surface area (Å²) in [5.74, 6) is 1.21. The summed E-state index contributed by atoms with van der Waals surface area (Å²) in [5, 5.41) is 3.56. The van der Waals surface area contributed by atoms with Crippen molar-refractivity contribution in [2.24, 2.45) is 10.8 Å². The van der Waals surface area contributed by atoms with Crippen molar-refractivity contribution in [1.82, 2.24) is 5.32 Å². The molecule has 1 aliphatic heterocycles. The molecule has 4 rings (SSSR count). The SMILES string of the molecule is CCOc1c(I)cc(C2C3=C(CC(C)(C)CC3=O)NC3=C2C(=O)CC(C)(C)C3)cc1OC. The summed E-state index contributed by atoms with van der Waals surface area (Å²) in [6.45, 7) is 11.0. The predicted molar refractivity (Wildman–Crippen MR) is 133 cm³/mol. The molecule has 5 nitrogen and oxygen atoms in total. The molecule has 0 saturated heterocycles. The van der Waals surface area contributed by atoms with E-state index in [9.17, 15) is 9.59 Å². The van der Waals surface area contributed by atoms with Crippen LogP contribution >= 0.6 is 22.6 Å². The second-order valence-electron chi connectivity index (χ2n) is 10.7. The van der Waals surface area contributed by atoms with Crippen molar-refractivity contribution in [3.05, 3.63) is 43.8 Å². The molecule has 6 heteroatoms. The number of halogens is 1. The summed E-state index contributed by atoms with van der Waals surface area (Å²) in [7, 11) is 1.62. The number of Topliss-reactive ketones (excluding diaryl/α,β-unsaturated/α-hetero) is 2. The smallest absolute Gasteiger partial charge is 0.174 e. The van der Waals surface area contributed by atoms with Gasteiger partial charge in [0.25, 0.3) is 0 Å². The standard InChI is InChI=1S/C26H32INO4/c1-7-32-24-15(27)8-14(9-20(24)31-6)21-22-16(10-25(2,3)12-18(22)29)28-17-11-26(4,5)13-19(30)23(17)21/h8-9,21,28H,7,10-13H2,1-6H3. The summed E-state index contributed by atoms with van der Waals surface area (Å²) in [6, 6.07) is 3.98. The number of carbonyl (C=O) groups excluding carboxylic acids is 2. The summed E-state index contributed by atoms with van der Waals surface area (Å²) in [6.07, 6.45) is 2.55. The lowest BCUT2D eigenvalue weighted by atomic mass is 9.64. The van der Waals surface area contributed by atoms with Crippen molar-refractivity contribution in [1.29, 1.82) is 0 Å². The normalized spacial score (nSPS) is 22.3. The van der Waals surface area contributed by atoms with Crippen LogP contribution in [-0.4, -0.2) is 25.3 Å². The maximum atomic E-state index is 13.5. The van der Waals surface area contributed by atoms with Crippen LogP contribution in [0.25, 0.3) is 0 Å². The molecule has 0 aromatic heterocycles. The van der Waals surface area contributed by atoms with Gasteiger partial charge in [0.2, 0.25) is 0 Å². The molecule has 0 atom stereocenters. The summed E-state index contributed by atoms with van der Waals surface area (Å²) < 4.78 is 12.4. The van der Waals surface area contributed by atoms with Gasteiger partial charge in [0, 0.05) is 41.3 Å². The molecular formula is C26H32INO4. The summed E-state index contributed by atoms with van der Waals surface area (Å²) in [5.41, 5.74) is 4.15. The highest BCUT2D eigenvalue weighted by Crippen LogP contribution is 2.52. The Kier molecular flexibility index (Phi) is 5.97. The Bertz CT molecular complexity index is 1010. The topological polar surface area (TPSA) is 64.6 Å². The van der Waals surface area contributed by atoms with E-state index in [1.807, 2.05) is 19.1 Å². The average Bonchev–Trinajstić information content (AvgIpc) is 2.65. The number of nitrogens with one attached hydrogen (secondary N) is 1. The van der Waals surface area contributed by atoms with Crippen LogP contribution in [0.3, 0.4) is 0 Å². The van der Waals surface area contributed by atoms with E-state index >= 15 is 0 Å². The molecule has 0 amide bonds. The lowest BCUT2D eigenvalue weighted by Gasteiger charge is -2.44. The first-order chi connectivity index (χ1) is 15.0. The highest BCUT2D eigenvalue weighted by atomic mass is 127. The van der Waals surface area contributed by atoms with E-state index in [1.54, 1.807) is 7.11 Å². The van der Waals surface area contributed by atoms with E-state index in [4.69, 9.17) is 9.47 Å². The average molecular weight is 549 g/mol. The second-order valence-corrected chi connectivity index (χ2v) is 11.9. The Morgan fingerprint density at radius 3 is 1.97 bits per heavy atom. The number of dihydropyridines is 1. The number of rotatable bonds is 4. The van der Waals surface area contributed by atoms with Gasteiger partial charge in [-0.25, -0.2) is 0 Å². The van der Waals surface area contributed by atoms with Crippen molar-refractivity contribution in [3.8, 4) is 11.5 Å². The molecule has 0 fully saturated rings. The number of ether oxygens (including phenoxy) is 2. The van der Waals surface area contributed by atoms with Gasteiger partial charge in [-0.15, -0.1) is 0 Å². The molecule has 1 heterocycles. The Morgan fingerprint density at radius 1 is 0.969 bits per heavy atom. The lowest BCUT2D eigenvalue weighted by Crippen LogP contribution is -2.42. The molecule has 1 N–H and O–H groups in total. The highest BCUT2D eigenvalue weighted by Gasteiger charge is 2.46. The largest absolute Gasteiger partial charge is 0.493 e. The third-order valence-corrected chi connectivity index (χ3v) is 7.39. The van der Waals surface area contributed by atoms with Crippen LogP contribution in [0.2, 0.25) is 0 Å². The monoisotopic (exact) mass is 549 g/mol. The van der Waals surface area contributed by atoms with Gasteiger partial charge in [0.05, 0.1) is 17.3 Å². The molecular weight excluding hydrogens is 517 g/mol. The van der Waals surface area contributed by atoms with Crippen LogP contribution in [0.4, 0.5) is 0 Å². The van der Waals surface area contributed by atoms with Gasteiger partial charge < -0.3 is 14.8 Å². The van der Waals surface area contributed by atoms with Crippen molar-refractivity contribution < 1.29 is 19.1 Å². The van der Waals surface area contributed by atoms with Gasteiger partial charge in [-0.05, 0) is 70.9 Å². The molecule has 0 saturated carbocycles. The molecule has 32 heavy (non-hydrogen) atoms. The third-order valence-electron chi connectivity index (χ3n) is 6.59. The van der Waals surface area contributed by atoms with Crippen molar-refractivity contribution >= 4 is 34.2 Å². The summed E-state index contributed by atoms with van der Waals surface area (Å²) in [4.78, 5) is 26.9. The summed E-state index contributed by atoms with van der Waals surface area (Å²) >= 11 is 2.25. The Morgan fingerprint density at radius 2 is 1.50 bits per heavy atom. The number of allylic oxidation sites excluding steroid dienone is 4. The van der Waals surface area contributed by atoms with Gasteiger partial charge in [0.15, 0.2) is 23.1 Å². The molecule has 0 radical (unpaired) electrons. The maximum Gasteiger partial charge on any atom is 0.174 e. The van der Waals surface area contributed by atoms with Crippen molar-refractivity contribution in [2.75, 3.05) is 13.7 Å². The van der Waals surface area contributed by atoms with Gasteiger partial charge in [-0.2, -0.15) is 0 Å². The number of carbonyl (C=O) groups is 2. The molecule has 0 bridgehead atoms. The van der Waals surface area contributed by atoms with Crippen LogP contribution in [0.15, 0.2) is 34.7 Å². The van der Waals surface area contributed by atoms with Crippen LogP contribution in [0, 0.1) is 14.4 Å². The number of ketones is 2. The van der Waals surface area contributed by atoms with Gasteiger partial charge >= 0.3 is 0 Å². The molecule has 1 aromatic rings. The van der Waals surface area contributed by atoms with Crippen LogP contribution in [0.5, 0.6) is 11.5 Å². The zero-order valence-corrected chi connectivity index (χ0v) is 21.9. The maximum absolute atomic E-state index is 13.5. The fourth-order valence-corrected chi connectivity index (χ4v) is 6.19. The number of methoxy groups -OCH3 is 1. The Balaban J connectivity index is 1.94. The van der Waals surface area contributed by atoms with Crippen LogP contribution < -0.4 is 14.8 Å². The van der Waals surface area contributed by atoms with E-state index in [-0.39, 0.29) is 28.3 Å². The van der Waals surface area contributed by atoms with E-state index in [0.717, 1.165) is 44.5 Å². The Labute approximate surface area is 204 Å². The molecule has 0 spiro atoms. The minimum atomic E-state index is -0.369. The zero-order valence-electron chi connectivity index (χ0n) is 19.8. The minimum absolute atomic E-state index is 0.106. The van der Waals surface area contributed by atoms with Crippen LogP contribution in [-0.2, 0) is 9.59 Å². The quantitative estimate of drug-likeness (QED) is 0.491. The Hall–Kier alpha value is -1.83. The predicted octanol–water partition coefficient (Wildman–Crippen LogP) is 5.67. The fraction of sp³-hybridized carbons (Fsp3) is 0.538. The first kappa shape index (κ1) is 23.3. The lowest BCUT2D eigenvalue weighted by molar-refractivity contribution is -0.119. The van der Waals surface area contributed by atoms with Crippen LogP contribution in [0.1, 0.15) is 71.8 Å². The zero-order chi connectivity index (χ0) is 23.4. The fourth-order valence-electron chi connectivity index (χ4n) is 5.41. The molecule has 3 aliphatic rings. The number of hydrogen-bond acceptors (Lipinski definition) is 5. The molecule has 0 unspecified atom stereocenters. The first-order valence-corrected chi connectivity index (χ1v) is 12.3. The number of hydrogen-bond donors (Lipinski definition) is 1. The van der Waals surface area contributed by atoms with E-state index < -0.39 is 0 Å². The van der Waals surface area contributed by atoms with Gasteiger partial charge in [-0.3, -0.25) is 9.59 Å². The third kappa shape index (κ3) is 4.11. The van der Waals surface area contributed by atoms with Gasteiger partial charge in [-0.1, -0.05) is 27.7 Å². The van der Waals surface area contributed by atoms with E-state index in [0.29, 0.717) is 30.9 Å². The molecule has 1 aromatic carbocycles. The molecule has 172 valence electrons. The van der Waals surface area contributed by atoms with Crippen molar-refractivity contribution in [2.45, 2.75) is 66.2 Å². The van der Waals surface area contributed by atoms with E-state index in [1.165, 1.54) is 0 Å². The van der Waals surface area contributed by atoms with Crippen molar-refractivity contribution in [3.63, 3.8) is 0 Å². The second kappa shape index (κ2) is 8.19. The highest BCUT2D eigenvalue weighted by molar-refractivity contribution is 14.1. The van der Waals surface area contributed by atoms with E-state index in [2.05, 4.69) is 55.6 Å².